The Labute approximate surface area is 127 Å². The predicted molar refractivity (Wildman–Crippen MR) is 85.1 cm³/mol. The zero-order valence-electron chi connectivity index (χ0n) is 13.5. The monoisotopic (exact) mass is 293 g/mol. The molecule has 0 aliphatic carbocycles. The quantitative estimate of drug-likeness (QED) is 0.817. The molecule has 0 bridgehead atoms. The van der Waals surface area contributed by atoms with Gasteiger partial charge < -0.3 is 16.0 Å². The van der Waals surface area contributed by atoms with Crippen LogP contribution in [0.4, 0.5) is 11.9 Å². The van der Waals surface area contributed by atoms with Gasteiger partial charge in [-0.25, -0.2) is 0 Å². The third-order valence-electron chi connectivity index (χ3n) is 4.01. The van der Waals surface area contributed by atoms with Gasteiger partial charge in [-0.15, -0.1) is 0 Å². The van der Waals surface area contributed by atoms with Crippen LogP contribution in [0.2, 0.25) is 0 Å². The maximum atomic E-state index is 5.80. The SMILES string of the molecule is CCC1CN(Cc2nc(N)nc(N(C)C)n2)C(CC)CN1. The second-order valence-electron chi connectivity index (χ2n) is 5.81. The molecule has 118 valence electrons. The first kappa shape index (κ1) is 15.9. The molecule has 1 aromatic heterocycles. The van der Waals surface area contributed by atoms with Gasteiger partial charge in [0.2, 0.25) is 11.9 Å². The van der Waals surface area contributed by atoms with Gasteiger partial charge in [-0.05, 0) is 12.8 Å². The van der Waals surface area contributed by atoms with Gasteiger partial charge >= 0.3 is 0 Å². The van der Waals surface area contributed by atoms with Crippen molar-refractivity contribution in [2.75, 3.05) is 37.8 Å². The summed E-state index contributed by atoms with van der Waals surface area (Å²) in [6, 6.07) is 1.06. The Balaban J connectivity index is 2.14. The third kappa shape index (κ3) is 4.01. The van der Waals surface area contributed by atoms with Crippen LogP contribution >= 0.6 is 0 Å². The van der Waals surface area contributed by atoms with Crippen molar-refractivity contribution in [3.05, 3.63) is 5.82 Å². The highest BCUT2D eigenvalue weighted by molar-refractivity contribution is 5.32. The average Bonchev–Trinajstić information content (AvgIpc) is 2.46. The molecule has 7 nitrogen and oxygen atoms in total. The number of aromatic nitrogens is 3. The molecule has 0 saturated carbocycles. The van der Waals surface area contributed by atoms with Gasteiger partial charge in [-0.2, -0.15) is 15.0 Å². The summed E-state index contributed by atoms with van der Waals surface area (Å²) in [5, 5.41) is 3.60. The van der Waals surface area contributed by atoms with Crippen LogP contribution in [0.1, 0.15) is 32.5 Å². The molecule has 7 heteroatoms. The Kier molecular flexibility index (Phi) is 5.30. The first-order chi connectivity index (χ1) is 10.0. The summed E-state index contributed by atoms with van der Waals surface area (Å²) in [5.74, 6) is 1.66. The van der Waals surface area contributed by atoms with Crippen LogP contribution in [0.5, 0.6) is 0 Å². The number of nitrogens with one attached hydrogen (secondary N) is 1. The van der Waals surface area contributed by atoms with Crippen molar-refractivity contribution in [3.63, 3.8) is 0 Å². The predicted octanol–water partition coefficient (Wildman–Crippen LogP) is 0.482. The summed E-state index contributed by atoms with van der Waals surface area (Å²) < 4.78 is 0. The van der Waals surface area contributed by atoms with Crippen molar-refractivity contribution in [2.24, 2.45) is 0 Å². The van der Waals surface area contributed by atoms with Crippen LogP contribution in [-0.2, 0) is 6.54 Å². The van der Waals surface area contributed by atoms with E-state index in [1.165, 1.54) is 0 Å². The van der Waals surface area contributed by atoms with Crippen LogP contribution in [-0.4, -0.2) is 59.1 Å². The number of nitrogens with two attached hydrogens (primary N) is 1. The Morgan fingerprint density at radius 3 is 2.62 bits per heavy atom. The molecular formula is C14H27N7. The Hall–Kier alpha value is -1.47. The number of hydrogen-bond donors (Lipinski definition) is 2. The van der Waals surface area contributed by atoms with E-state index in [0.717, 1.165) is 38.3 Å². The second-order valence-corrected chi connectivity index (χ2v) is 5.81. The van der Waals surface area contributed by atoms with E-state index in [1.807, 2.05) is 19.0 Å². The van der Waals surface area contributed by atoms with Gasteiger partial charge in [0.25, 0.3) is 0 Å². The second kappa shape index (κ2) is 7.00. The normalized spacial score (nSPS) is 23.2. The topological polar surface area (TPSA) is 83.2 Å². The number of nitrogen functional groups attached to an aromatic ring is 1. The zero-order chi connectivity index (χ0) is 15.4. The zero-order valence-corrected chi connectivity index (χ0v) is 13.5. The lowest BCUT2D eigenvalue weighted by Gasteiger charge is -2.39. The molecule has 1 saturated heterocycles. The molecule has 2 atom stereocenters. The number of rotatable bonds is 5. The molecule has 2 heterocycles. The fourth-order valence-electron chi connectivity index (χ4n) is 2.68. The summed E-state index contributed by atoms with van der Waals surface area (Å²) in [6.07, 6.45) is 2.25. The number of anilines is 2. The lowest BCUT2D eigenvalue weighted by Crippen LogP contribution is -2.55. The standard InChI is InChI=1S/C14H27N7/c1-5-10-8-21(11(6-2)7-16-10)9-12-17-13(15)19-14(18-12)20(3)4/h10-11,16H,5-9H2,1-4H3,(H2,15,17,18,19). The lowest BCUT2D eigenvalue weighted by atomic mass is 10.1. The third-order valence-corrected chi connectivity index (χ3v) is 4.01. The largest absolute Gasteiger partial charge is 0.368 e. The van der Waals surface area contributed by atoms with Crippen molar-refractivity contribution in [1.29, 1.82) is 0 Å². The van der Waals surface area contributed by atoms with Crippen molar-refractivity contribution in [2.45, 2.75) is 45.3 Å². The van der Waals surface area contributed by atoms with Crippen molar-refractivity contribution in [3.8, 4) is 0 Å². The highest BCUT2D eigenvalue weighted by Gasteiger charge is 2.26. The van der Waals surface area contributed by atoms with Crippen molar-refractivity contribution in [1.82, 2.24) is 25.2 Å². The first-order valence-electron chi connectivity index (χ1n) is 7.68. The maximum absolute atomic E-state index is 5.80. The van der Waals surface area contributed by atoms with Crippen LogP contribution in [0.25, 0.3) is 0 Å². The van der Waals surface area contributed by atoms with Crippen LogP contribution < -0.4 is 16.0 Å². The summed E-state index contributed by atoms with van der Waals surface area (Å²) in [7, 11) is 3.82. The molecule has 1 aliphatic heterocycles. The molecule has 2 rings (SSSR count). The summed E-state index contributed by atoms with van der Waals surface area (Å²) in [4.78, 5) is 17.3. The van der Waals surface area contributed by atoms with E-state index < -0.39 is 0 Å². The average molecular weight is 293 g/mol. The summed E-state index contributed by atoms with van der Waals surface area (Å²) in [5.41, 5.74) is 5.80. The van der Waals surface area contributed by atoms with Crippen LogP contribution in [0.3, 0.4) is 0 Å². The molecule has 0 spiro atoms. The highest BCUT2D eigenvalue weighted by Crippen LogP contribution is 2.16. The first-order valence-corrected chi connectivity index (χ1v) is 7.68. The lowest BCUT2D eigenvalue weighted by molar-refractivity contribution is 0.114. The Morgan fingerprint density at radius 1 is 1.24 bits per heavy atom. The van der Waals surface area contributed by atoms with Gasteiger partial charge in [0.05, 0.1) is 6.54 Å². The molecule has 2 unspecified atom stereocenters. The number of nitrogens with zero attached hydrogens (tertiary/aromatic N) is 5. The van der Waals surface area contributed by atoms with Crippen molar-refractivity contribution >= 4 is 11.9 Å². The fourth-order valence-corrected chi connectivity index (χ4v) is 2.68. The van der Waals surface area contributed by atoms with Gasteiger partial charge in [0.15, 0.2) is 0 Å². The van der Waals surface area contributed by atoms with E-state index in [4.69, 9.17) is 5.73 Å². The van der Waals surface area contributed by atoms with Gasteiger partial charge in [0, 0.05) is 39.3 Å². The minimum absolute atomic E-state index is 0.291. The van der Waals surface area contributed by atoms with Crippen LogP contribution in [0, 0.1) is 0 Å². The number of piperazine rings is 1. The van der Waals surface area contributed by atoms with E-state index in [-0.39, 0.29) is 0 Å². The molecule has 21 heavy (non-hydrogen) atoms. The van der Waals surface area contributed by atoms with Gasteiger partial charge in [0.1, 0.15) is 5.82 Å². The molecule has 0 radical (unpaired) electrons. The van der Waals surface area contributed by atoms with E-state index in [2.05, 4.69) is 39.0 Å². The van der Waals surface area contributed by atoms with Gasteiger partial charge in [-0.3, -0.25) is 4.90 Å². The molecular weight excluding hydrogens is 266 g/mol. The van der Waals surface area contributed by atoms with Gasteiger partial charge in [-0.1, -0.05) is 13.8 Å². The Morgan fingerprint density at radius 2 is 2.00 bits per heavy atom. The smallest absolute Gasteiger partial charge is 0.229 e. The molecule has 1 aliphatic rings. The summed E-state index contributed by atoms with van der Waals surface area (Å²) in [6.45, 7) is 7.21. The minimum Gasteiger partial charge on any atom is -0.368 e. The van der Waals surface area contributed by atoms with Crippen molar-refractivity contribution < 1.29 is 0 Å². The minimum atomic E-state index is 0.291. The molecule has 0 aromatic carbocycles. The molecule has 1 fully saturated rings. The van der Waals surface area contributed by atoms with E-state index >= 15 is 0 Å². The maximum Gasteiger partial charge on any atom is 0.229 e. The molecule has 3 N–H and O–H groups in total. The summed E-state index contributed by atoms with van der Waals surface area (Å²) >= 11 is 0. The van der Waals surface area contributed by atoms with Crippen LogP contribution in [0.15, 0.2) is 0 Å². The Bertz CT molecular complexity index is 463. The van der Waals surface area contributed by atoms with E-state index in [1.54, 1.807) is 0 Å². The molecule has 0 amide bonds. The van der Waals surface area contributed by atoms with E-state index in [0.29, 0.717) is 24.0 Å². The fraction of sp³-hybridized carbons (Fsp3) is 0.786. The number of hydrogen-bond acceptors (Lipinski definition) is 7. The molecule has 1 aromatic rings. The highest BCUT2D eigenvalue weighted by atomic mass is 15.3. The van der Waals surface area contributed by atoms with E-state index in [9.17, 15) is 0 Å².